The van der Waals surface area contributed by atoms with Crippen LogP contribution < -0.4 is 16.0 Å². The number of anilines is 2. The van der Waals surface area contributed by atoms with Crippen molar-refractivity contribution in [3.05, 3.63) is 24.3 Å². The molecule has 2 rings (SSSR count). The van der Waals surface area contributed by atoms with Crippen LogP contribution in [0.3, 0.4) is 0 Å². The Morgan fingerprint density at radius 2 is 2.15 bits per heavy atom. The Labute approximate surface area is 121 Å². The van der Waals surface area contributed by atoms with Gasteiger partial charge in [-0.3, -0.25) is 4.79 Å². The average Bonchev–Trinajstić information content (AvgIpc) is 2.92. The quantitative estimate of drug-likeness (QED) is 0.812. The van der Waals surface area contributed by atoms with Gasteiger partial charge in [0.25, 0.3) is 0 Å². The second kappa shape index (κ2) is 6.64. The molecule has 4 nitrogen and oxygen atoms in total. The topological polar surface area (TPSA) is 58.4 Å². The monoisotopic (exact) mass is 275 g/mol. The Morgan fingerprint density at radius 1 is 1.45 bits per heavy atom. The fourth-order valence-electron chi connectivity index (χ4n) is 2.92. The summed E-state index contributed by atoms with van der Waals surface area (Å²) in [6, 6.07) is 7.89. The van der Waals surface area contributed by atoms with E-state index in [1.807, 2.05) is 31.2 Å². The van der Waals surface area contributed by atoms with Crippen molar-refractivity contribution in [2.75, 3.05) is 17.2 Å². The summed E-state index contributed by atoms with van der Waals surface area (Å²) in [6.07, 6.45) is 4.68. The number of carbonyl (C=O) groups is 1. The number of nitrogen functional groups attached to an aromatic ring is 1. The molecule has 1 aliphatic rings. The van der Waals surface area contributed by atoms with Crippen LogP contribution >= 0.6 is 0 Å². The van der Waals surface area contributed by atoms with Crippen LogP contribution in [0.5, 0.6) is 0 Å². The third kappa shape index (κ3) is 3.44. The number of nitrogens with one attached hydrogen (secondary N) is 1. The SMILES string of the molecule is CCN(c1cccc(N)c1)C(C)C(=O)NC1CCCC1. The summed E-state index contributed by atoms with van der Waals surface area (Å²) in [5.74, 6) is 0.112. The lowest BCUT2D eigenvalue weighted by Gasteiger charge is -2.30. The molecule has 0 radical (unpaired) electrons. The smallest absolute Gasteiger partial charge is 0.242 e. The molecule has 4 heteroatoms. The van der Waals surface area contributed by atoms with Crippen LogP contribution in [0, 0.1) is 0 Å². The summed E-state index contributed by atoms with van der Waals surface area (Å²) >= 11 is 0. The van der Waals surface area contributed by atoms with E-state index in [0.717, 1.165) is 30.8 Å². The minimum Gasteiger partial charge on any atom is -0.399 e. The summed E-state index contributed by atoms with van der Waals surface area (Å²) < 4.78 is 0. The molecular weight excluding hydrogens is 250 g/mol. The van der Waals surface area contributed by atoms with Gasteiger partial charge in [0.1, 0.15) is 6.04 Å². The van der Waals surface area contributed by atoms with E-state index in [-0.39, 0.29) is 11.9 Å². The highest BCUT2D eigenvalue weighted by Gasteiger charge is 2.24. The summed E-state index contributed by atoms with van der Waals surface area (Å²) in [6.45, 7) is 4.79. The zero-order valence-corrected chi connectivity index (χ0v) is 12.4. The molecule has 1 unspecified atom stereocenters. The number of hydrogen-bond acceptors (Lipinski definition) is 3. The van der Waals surface area contributed by atoms with Gasteiger partial charge >= 0.3 is 0 Å². The summed E-state index contributed by atoms with van der Waals surface area (Å²) in [7, 11) is 0. The molecule has 0 aromatic heterocycles. The van der Waals surface area contributed by atoms with Crippen molar-refractivity contribution in [2.24, 2.45) is 0 Å². The molecule has 1 aliphatic carbocycles. The Kier molecular flexibility index (Phi) is 4.88. The van der Waals surface area contributed by atoms with Crippen molar-refractivity contribution in [1.29, 1.82) is 0 Å². The molecule has 0 saturated heterocycles. The average molecular weight is 275 g/mol. The van der Waals surface area contributed by atoms with Crippen LogP contribution in [0.15, 0.2) is 24.3 Å². The van der Waals surface area contributed by atoms with Gasteiger partial charge in [-0.05, 0) is 44.9 Å². The van der Waals surface area contributed by atoms with E-state index >= 15 is 0 Å². The van der Waals surface area contributed by atoms with E-state index in [0.29, 0.717) is 6.04 Å². The van der Waals surface area contributed by atoms with Gasteiger partial charge in [0.15, 0.2) is 0 Å². The van der Waals surface area contributed by atoms with Crippen molar-refractivity contribution in [3.8, 4) is 0 Å². The first-order chi connectivity index (χ1) is 9.61. The first kappa shape index (κ1) is 14.7. The number of likely N-dealkylation sites (N-methyl/N-ethyl adjacent to an activating group) is 1. The van der Waals surface area contributed by atoms with Gasteiger partial charge in [0.05, 0.1) is 0 Å². The number of nitrogens with zero attached hydrogens (tertiary/aromatic N) is 1. The maximum Gasteiger partial charge on any atom is 0.242 e. The van der Waals surface area contributed by atoms with Gasteiger partial charge < -0.3 is 16.0 Å². The summed E-state index contributed by atoms with van der Waals surface area (Å²) in [5, 5.41) is 3.17. The standard InChI is InChI=1S/C16H25N3O/c1-3-19(15-10-6-7-13(17)11-15)12(2)16(20)18-14-8-4-5-9-14/h6-7,10-12,14H,3-5,8-9,17H2,1-2H3,(H,18,20). The number of nitrogens with two attached hydrogens (primary N) is 1. The number of hydrogen-bond donors (Lipinski definition) is 2. The second-order valence-corrected chi connectivity index (χ2v) is 5.55. The normalized spacial score (nSPS) is 16.9. The third-order valence-electron chi connectivity index (χ3n) is 4.09. The molecule has 110 valence electrons. The maximum atomic E-state index is 12.4. The highest BCUT2D eigenvalue weighted by Crippen LogP contribution is 2.21. The molecule has 0 spiro atoms. The third-order valence-corrected chi connectivity index (χ3v) is 4.09. The first-order valence-electron chi connectivity index (χ1n) is 7.54. The van der Waals surface area contributed by atoms with Gasteiger partial charge in [-0.25, -0.2) is 0 Å². The van der Waals surface area contributed by atoms with E-state index in [1.54, 1.807) is 0 Å². The lowest BCUT2D eigenvalue weighted by Crippen LogP contribution is -2.48. The predicted molar refractivity (Wildman–Crippen MR) is 83.7 cm³/mol. The highest BCUT2D eigenvalue weighted by molar-refractivity contribution is 5.85. The van der Waals surface area contributed by atoms with Crippen LogP contribution in [0.1, 0.15) is 39.5 Å². The highest BCUT2D eigenvalue weighted by atomic mass is 16.2. The van der Waals surface area contributed by atoms with Crippen molar-refractivity contribution in [3.63, 3.8) is 0 Å². The van der Waals surface area contributed by atoms with Crippen molar-refractivity contribution < 1.29 is 4.79 Å². The largest absolute Gasteiger partial charge is 0.399 e. The maximum absolute atomic E-state index is 12.4. The van der Waals surface area contributed by atoms with Crippen LogP contribution in [0.2, 0.25) is 0 Å². The Morgan fingerprint density at radius 3 is 2.75 bits per heavy atom. The molecular formula is C16H25N3O. The van der Waals surface area contributed by atoms with E-state index < -0.39 is 0 Å². The van der Waals surface area contributed by atoms with Crippen LogP contribution in [0.25, 0.3) is 0 Å². The molecule has 1 aromatic rings. The minimum absolute atomic E-state index is 0.112. The Bertz CT molecular complexity index is 455. The minimum atomic E-state index is -0.178. The second-order valence-electron chi connectivity index (χ2n) is 5.55. The zero-order chi connectivity index (χ0) is 14.5. The fraction of sp³-hybridized carbons (Fsp3) is 0.562. The molecule has 0 bridgehead atoms. The Hall–Kier alpha value is -1.71. The summed E-state index contributed by atoms with van der Waals surface area (Å²) in [5.41, 5.74) is 7.56. The lowest BCUT2D eigenvalue weighted by molar-refractivity contribution is -0.122. The van der Waals surface area contributed by atoms with Crippen molar-refractivity contribution >= 4 is 17.3 Å². The summed E-state index contributed by atoms with van der Waals surface area (Å²) in [4.78, 5) is 14.5. The van der Waals surface area contributed by atoms with Crippen LogP contribution in [0.4, 0.5) is 11.4 Å². The molecule has 3 N–H and O–H groups in total. The molecule has 1 fully saturated rings. The fourth-order valence-corrected chi connectivity index (χ4v) is 2.92. The lowest BCUT2D eigenvalue weighted by atomic mass is 10.1. The predicted octanol–water partition coefficient (Wildman–Crippen LogP) is 2.54. The van der Waals surface area contributed by atoms with E-state index in [2.05, 4.69) is 17.1 Å². The molecule has 1 atom stereocenters. The molecule has 20 heavy (non-hydrogen) atoms. The van der Waals surface area contributed by atoms with Crippen LogP contribution in [-0.4, -0.2) is 24.5 Å². The number of carbonyl (C=O) groups excluding carboxylic acids is 1. The number of benzene rings is 1. The number of rotatable bonds is 5. The van der Waals surface area contributed by atoms with Gasteiger partial charge in [-0.1, -0.05) is 18.9 Å². The van der Waals surface area contributed by atoms with E-state index in [4.69, 9.17) is 5.73 Å². The molecule has 1 saturated carbocycles. The van der Waals surface area contributed by atoms with Crippen molar-refractivity contribution in [1.82, 2.24) is 5.32 Å². The number of amides is 1. The van der Waals surface area contributed by atoms with Crippen molar-refractivity contribution in [2.45, 2.75) is 51.6 Å². The Balaban J connectivity index is 2.04. The molecule has 0 aliphatic heterocycles. The molecule has 0 heterocycles. The van der Waals surface area contributed by atoms with E-state index in [9.17, 15) is 4.79 Å². The van der Waals surface area contributed by atoms with Gasteiger partial charge in [0, 0.05) is 24.0 Å². The van der Waals surface area contributed by atoms with E-state index in [1.165, 1.54) is 12.8 Å². The molecule has 1 aromatic carbocycles. The first-order valence-corrected chi connectivity index (χ1v) is 7.54. The van der Waals surface area contributed by atoms with Gasteiger partial charge in [-0.15, -0.1) is 0 Å². The van der Waals surface area contributed by atoms with Gasteiger partial charge in [-0.2, -0.15) is 0 Å². The van der Waals surface area contributed by atoms with Crippen LogP contribution in [-0.2, 0) is 4.79 Å². The van der Waals surface area contributed by atoms with Gasteiger partial charge in [0.2, 0.25) is 5.91 Å². The zero-order valence-electron chi connectivity index (χ0n) is 12.4. The molecule has 1 amide bonds.